The summed E-state index contributed by atoms with van der Waals surface area (Å²) in [5, 5.41) is 2.94. The van der Waals surface area contributed by atoms with E-state index in [1.807, 2.05) is 29.2 Å². The van der Waals surface area contributed by atoms with Crippen LogP contribution in [0, 0.1) is 5.92 Å². The molecule has 0 atom stereocenters. The number of benzene rings is 1. The maximum atomic E-state index is 12.1. The Morgan fingerprint density at radius 2 is 1.95 bits per heavy atom. The van der Waals surface area contributed by atoms with Gasteiger partial charge in [0.25, 0.3) is 0 Å². The number of hydrogen-bond acceptors (Lipinski definition) is 2. The molecule has 0 radical (unpaired) electrons. The van der Waals surface area contributed by atoms with E-state index in [9.17, 15) is 4.79 Å². The van der Waals surface area contributed by atoms with Crippen molar-refractivity contribution >= 4 is 11.7 Å². The molecule has 0 aliphatic carbocycles. The molecule has 3 N–H and O–H groups in total. The fourth-order valence-corrected chi connectivity index (χ4v) is 2.47. The Kier molecular flexibility index (Phi) is 4.80. The van der Waals surface area contributed by atoms with E-state index in [0.29, 0.717) is 6.54 Å². The van der Waals surface area contributed by atoms with Crippen LogP contribution in [0.3, 0.4) is 0 Å². The summed E-state index contributed by atoms with van der Waals surface area (Å²) >= 11 is 0. The molecule has 0 aromatic heterocycles. The SMILES string of the molecule is CCC1CCN(C(=O)Nc2ccc(CN)cc2)CC1. The van der Waals surface area contributed by atoms with Gasteiger partial charge in [-0.2, -0.15) is 0 Å². The highest BCUT2D eigenvalue weighted by Gasteiger charge is 2.21. The van der Waals surface area contributed by atoms with Crippen LogP contribution < -0.4 is 11.1 Å². The zero-order chi connectivity index (χ0) is 13.7. The average molecular weight is 261 g/mol. The zero-order valence-electron chi connectivity index (χ0n) is 11.6. The van der Waals surface area contributed by atoms with E-state index in [1.165, 1.54) is 6.42 Å². The van der Waals surface area contributed by atoms with Crippen molar-refractivity contribution in [3.05, 3.63) is 29.8 Å². The van der Waals surface area contributed by atoms with Gasteiger partial charge in [0.1, 0.15) is 0 Å². The highest BCUT2D eigenvalue weighted by atomic mass is 16.2. The molecule has 1 heterocycles. The molecule has 104 valence electrons. The molecule has 4 nitrogen and oxygen atoms in total. The number of nitrogens with two attached hydrogens (primary N) is 1. The van der Waals surface area contributed by atoms with Gasteiger partial charge in [-0.05, 0) is 36.5 Å². The van der Waals surface area contributed by atoms with Crippen LogP contribution in [0.5, 0.6) is 0 Å². The Morgan fingerprint density at radius 1 is 1.32 bits per heavy atom. The Morgan fingerprint density at radius 3 is 2.47 bits per heavy atom. The lowest BCUT2D eigenvalue weighted by atomic mass is 9.95. The summed E-state index contributed by atoms with van der Waals surface area (Å²) < 4.78 is 0. The number of hydrogen-bond donors (Lipinski definition) is 2. The normalized spacial score (nSPS) is 16.4. The van der Waals surface area contributed by atoms with Crippen molar-refractivity contribution < 1.29 is 4.79 Å². The number of carbonyl (C=O) groups is 1. The second-order valence-corrected chi connectivity index (χ2v) is 5.17. The summed E-state index contributed by atoms with van der Waals surface area (Å²) in [7, 11) is 0. The van der Waals surface area contributed by atoms with E-state index in [2.05, 4.69) is 12.2 Å². The molecule has 4 heteroatoms. The molecule has 1 fully saturated rings. The number of urea groups is 1. The van der Waals surface area contributed by atoms with Crippen LogP contribution in [-0.4, -0.2) is 24.0 Å². The van der Waals surface area contributed by atoms with Crippen molar-refractivity contribution in [2.24, 2.45) is 11.7 Å². The molecular formula is C15H23N3O. The lowest BCUT2D eigenvalue weighted by Crippen LogP contribution is -2.40. The molecular weight excluding hydrogens is 238 g/mol. The lowest BCUT2D eigenvalue weighted by Gasteiger charge is -2.31. The maximum absolute atomic E-state index is 12.1. The van der Waals surface area contributed by atoms with Crippen LogP contribution in [0.4, 0.5) is 10.5 Å². The molecule has 1 saturated heterocycles. The summed E-state index contributed by atoms with van der Waals surface area (Å²) in [6.45, 7) is 4.48. The van der Waals surface area contributed by atoms with Gasteiger partial charge >= 0.3 is 6.03 Å². The van der Waals surface area contributed by atoms with Gasteiger partial charge in [-0.1, -0.05) is 25.5 Å². The highest BCUT2D eigenvalue weighted by molar-refractivity contribution is 5.89. The molecule has 0 unspecified atom stereocenters. The highest BCUT2D eigenvalue weighted by Crippen LogP contribution is 2.20. The molecule has 0 spiro atoms. The first-order valence-electron chi connectivity index (χ1n) is 7.08. The van der Waals surface area contributed by atoms with Crippen molar-refractivity contribution in [1.82, 2.24) is 4.90 Å². The van der Waals surface area contributed by atoms with Crippen molar-refractivity contribution in [3.8, 4) is 0 Å². The summed E-state index contributed by atoms with van der Waals surface area (Å²) in [5.74, 6) is 0.785. The first-order valence-corrected chi connectivity index (χ1v) is 7.08. The van der Waals surface area contributed by atoms with Gasteiger partial charge in [-0.3, -0.25) is 0 Å². The molecule has 2 rings (SSSR count). The number of amides is 2. The minimum atomic E-state index is 0.00931. The molecule has 1 aromatic rings. The molecule has 1 aliphatic heterocycles. The van der Waals surface area contributed by atoms with Gasteiger partial charge in [0.15, 0.2) is 0 Å². The fraction of sp³-hybridized carbons (Fsp3) is 0.533. The van der Waals surface area contributed by atoms with E-state index in [4.69, 9.17) is 5.73 Å². The third kappa shape index (κ3) is 3.70. The monoisotopic (exact) mass is 261 g/mol. The molecule has 2 amide bonds. The van der Waals surface area contributed by atoms with Crippen molar-refractivity contribution in [2.75, 3.05) is 18.4 Å². The standard InChI is InChI=1S/C15H23N3O/c1-2-12-7-9-18(10-8-12)15(19)17-14-5-3-13(11-16)4-6-14/h3-6,12H,2,7-11,16H2,1H3,(H,17,19). The molecule has 0 bridgehead atoms. The molecule has 19 heavy (non-hydrogen) atoms. The van der Waals surface area contributed by atoms with Crippen LogP contribution in [-0.2, 0) is 6.54 Å². The van der Waals surface area contributed by atoms with Crippen LogP contribution in [0.2, 0.25) is 0 Å². The van der Waals surface area contributed by atoms with Gasteiger partial charge < -0.3 is 16.0 Å². The number of rotatable bonds is 3. The summed E-state index contributed by atoms with van der Waals surface area (Å²) in [6.07, 6.45) is 3.46. The largest absolute Gasteiger partial charge is 0.326 e. The van der Waals surface area contributed by atoms with E-state index in [0.717, 1.165) is 43.1 Å². The van der Waals surface area contributed by atoms with Crippen LogP contribution in [0.15, 0.2) is 24.3 Å². The fourth-order valence-electron chi connectivity index (χ4n) is 2.47. The van der Waals surface area contributed by atoms with E-state index in [1.54, 1.807) is 0 Å². The number of likely N-dealkylation sites (tertiary alicyclic amines) is 1. The number of nitrogens with zero attached hydrogens (tertiary/aromatic N) is 1. The van der Waals surface area contributed by atoms with Crippen LogP contribution in [0.25, 0.3) is 0 Å². The van der Waals surface area contributed by atoms with Gasteiger partial charge in [0, 0.05) is 25.3 Å². The van der Waals surface area contributed by atoms with E-state index < -0.39 is 0 Å². The predicted molar refractivity (Wildman–Crippen MR) is 77.9 cm³/mol. The van der Waals surface area contributed by atoms with Gasteiger partial charge in [-0.15, -0.1) is 0 Å². The summed E-state index contributed by atoms with van der Waals surface area (Å²) in [4.78, 5) is 14.0. The van der Waals surface area contributed by atoms with E-state index >= 15 is 0 Å². The Hall–Kier alpha value is -1.55. The number of carbonyl (C=O) groups excluding carboxylic acids is 1. The lowest BCUT2D eigenvalue weighted by molar-refractivity contribution is 0.181. The Bertz CT molecular complexity index is 408. The average Bonchev–Trinajstić information content (AvgIpc) is 2.48. The van der Waals surface area contributed by atoms with Gasteiger partial charge in [-0.25, -0.2) is 4.79 Å². The minimum absolute atomic E-state index is 0.00931. The van der Waals surface area contributed by atoms with Crippen molar-refractivity contribution in [2.45, 2.75) is 32.7 Å². The van der Waals surface area contributed by atoms with Crippen LogP contribution >= 0.6 is 0 Å². The summed E-state index contributed by atoms with van der Waals surface area (Å²) in [5.41, 5.74) is 7.45. The maximum Gasteiger partial charge on any atom is 0.321 e. The quantitative estimate of drug-likeness (QED) is 0.879. The zero-order valence-corrected chi connectivity index (χ0v) is 11.6. The molecule has 0 saturated carbocycles. The Labute approximate surface area is 115 Å². The molecule has 1 aromatic carbocycles. The Balaban J connectivity index is 1.86. The first-order chi connectivity index (χ1) is 9.22. The minimum Gasteiger partial charge on any atom is -0.326 e. The third-order valence-electron chi connectivity index (χ3n) is 3.92. The predicted octanol–water partition coefficient (Wildman–Crippen LogP) is 2.80. The second kappa shape index (κ2) is 6.57. The molecule has 1 aliphatic rings. The van der Waals surface area contributed by atoms with Crippen molar-refractivity contribution in [3.63, 3.8) is 0 Å². The number of anilines is 1. The number of nitrogens with one attached hydrogen (secondary N) is 1. The second-order valence-electron chi connectivity index (χ2n) is 5.17. The number of piperidine rings is 1. The van der Waals surface area contributed by atoms with Gasteiger partial charge in [0.2, 0.25) is 0 Å². The topological polar surface area (TPSA) is 58.4 Å². The first kappa shape index (κ1) is 13.9. The van der Waals surface area contributed by atoms with Crippen LogP contribution in [0.1, 0.15) is 31.7 Å². The summed E-state index contributed by atoms with van der Waals surface area (Å²) in [6, 6.07) is 7.70. The van der Waals surface area contributed by atoms with Gasteiger partial charge in [0.05, 0.1) is 0 Å². The van der Waals surface area contributed by atoms with E-state index in [-0.39, 0.29) is 6.03 Å². The van der Waals surface area contributed by atoms with Crippen molar-refractivity contribution in [1.29, 1.82) is 0 Å². The smallest absolute Gasteiger partial charge is 0.321 e. The third-order valence-corrected chi connectivity index (χ3v) is 3.92.